The van der Waals surface area contributed by atoms with Crippen molar-refractivity contribution in [1.29, 1.82) is 0 Å². The predicted octanol–water partition coefficient (Wildman–Crippen LogP) is 6.47. The molecule has 21 heavy (non-hydrogen) atoms. The fourth-order valence-corrected chi connectivity index (χ4v) is 5.08. The number of hydrogen-bond acceptors (Lipinski definition) is 1. The molecule has 1 aromatic carbocycles. The largest absolute Gasteiger partial charge is 0.310 e. The van der Waals surface area contributed by atoms with Gasteiger partial charge >= 0.3 is 0 Å². The molecule has 0 aromatic heterocycles. The van der Waals surface area contributed by atoms with Gasteiger partial charge in [-0.2, -0.15) is 0 Å². The van der Waals surface area contributed by atoms with Crippen molar-refractivity contribution < 1.29 is 0 Å². The Morgan fingerprint density at radius 3 is 2.38 bits per heavy atom. The third kappa shape index (κ3) is 4.80. The summed E-state index contributed by atoms with van der Waals surface area (Å²) in [4.78, 5) is 0. The van der Waals surface area contributed by atoms with Crippen LogP contribution in [-0.2, 0) is 0 Å². The van der Waals surface area contributed by atoms with Crippen LogP contribution in [0.4, 0.5) is 0 Å². The van der Waals surface area contributed by atoms with Crippen molar-refractivity contribution in [2.75, 3.05) is 6.54 Å². The van der Waals surface area contributed by atoms with E-state index in [0.29, 0.717) is 6.04 Å². The molecule has 3 atom stereocenters. The zero-order chi connectivity index (χ0) is 15.2. The zero-order valence-electron chi connectivity index (χ0n) is 13.2. The Balaban J connectivity index is 2.27. The minimum Gasteiger partial charge on any atom is -0.310 e. The molecule has 1 saturated carbocycles. The zero-order valence-corrected chi connectivity index (χ0v) is 16.3. The van der Waals surface area contributed by atoms with Crippen LogP contribution in [0, 0.1) is 11.8 Å². The number of benzene rings is 1. The molecule has 0 amide bonds. The van der Waals surface area contributed by atoms with E-state index in [9.17, 15) is 0 Å². The maximum Gasteiger partial charge on any atom is 0.0352 e. The molecule has 118 valence electrons. The van der Waals surface area contributed by atoms with Gasteiger partial charge in [0.05, 0.1) is 0 Å². The molecule has 3 unspecified atom stereocenters. The van der Waals surface area contributed by atoms with Gasteiger partial charge in [0, 0.05) is 15.0 Å². The van der Waals surface area contributed by atoms with E-state index in [2.05, 4.69) is 69.2 Å². The first-order valence-electron chi connectivity index (χ1n) is 8.35. The van der Waals surface area contributed by atoms with E-state index < -0.39 is 0 Å². The van der Waals surface area contributed by atoms with Gasteiger partial charge in [-0.25, -0.2) is 0 Å². The Hall–Kier alpha value is 0.140. The van der Waals surface area contributed by atoms with Gasteiger partial charge in [0.2, 0.25) is 0 Å². The maximum absolute atomic E-state index is 3.83. The van der Waals surface area contributed by atoms with Gasteiger partial charge in [-0.15, -0.1) is 0 Å². The first kappa shape index (κ1) is 17.5. The van der Waals surface area contributed by atoms with E-state index in [1.807, 2.05) is 0 Å². The summed E-state index contributed by atoms with van der Waals surface area (Å²) in [5.74, 6) is 1.64. The third-order valence-corrected chi connectivity index (χ3v) is 5.69. The van der Waals surface area contributed by atoms with Crippen LogP contribution in [0.1, 0.15) is 64.0 Å². The molecule has 1 N–H and O–H groups in total. The Bertz CT molecular complexity index is 427. The Kier molecular flexibility index (Phi) is 7.24. The van der Waals surface area contributed by atoms with E-state index in [1.54, 1.807) is 0 Å². The number of halogens is 2. The summed E-state index contributed by atoms with van der Waals surface area (Å²) >= 11 is 7.30. The summed E-state index contributed by atoms with van der Waals surface area (Å²) in [5, 5.41) is 3.83. The quantitative estimate of drug-likeness (QED) is 0.560. The van der Waals surface area contributed by atoms with Gasteiger partial charge in [-0.05, 0) is 55.0 Å². The molecule has 2 rings (SSSR count). The van der Waals surface area contributed by atoms with Gasteiger partial charge in [0.1, 0.15) is 0 Å². The SMILES string of the molecule is CCCNC(c1cc(Br)cc(Br)c1)C1CCCCC1CC. The lowest BCUT2D eigenvalue weighted by molar-refractivity contribution is 0.175. The Morgan fingerprint density at radius 2 is 1.76 bits per heavy atom. The van der Waals surface area contributed by atoms with Crippen LogP contribution in [0.3, 0.4) is 0 Å². The molecule has 0 bridgehead atoms. The Labute approximate surface area is 146 Å². The highest BCUT2D eigenvalue weighted by Gasteiger charge is 2.31. The van der Waals surface area contributed by atoms with Crippen LogP contribution < -0.4 is 5.32 Å². The highest BCUT2D eigenvalue weighted by atomic mass is 79.9. The smallest absolute Gasteiger partial charge is 0.0352 e. The van der Waals surface area contributed by atoms with E-state index in [-0.39, 0.29) is 0 Å². The number of hydrogen-bond donors (Lipinski definition) is 1. The second kappa shape index (κ2) is 8.69. The molecule has 0 spiro atoms. The van der Waals surface area contributed by atoms with E-state index in [4.69, 9.17) is 0 Å². The van der Waals surface area contributed by atoms with E-state index in [0.717, 1.165) is 18.4 Å². The molecule has 1 fully saturated rings. The van der Waals surface area contributed by atoms with Gasteiger partial charge in [-0.3, -0.25) is 0 Å². The van der Waals surface area contributed by atoms with Crippen molar-refractivity contribution in [3.05, 3.63) is 32.7 Å². The molecule has 1 nitrogen and oxygen atoms in total. The minimum atomic E-state index is 0.490. The molecule has 1 aromatic rings. The van der Waals surface area contributed by atoms with Crippen LogP contribution >= 0.6 is 31.9 Å². The second-order valence-electron chi connectivity index (χ2n) is 6.25. The lowest BCUT2D eigenvalue weighted by Crippen LogP contribution is -2.35. The van der Waals surface area contributed by atoms with Crippen LogP contribution in [0.5, 0.6) is 0 Å². The lowest BCUT2D eigenvalue weighted by atomic mass is 9.72. The summed E-state index contributed by atoms with van der Waals surface area (Å²) < 4.78 is 2.33. The lowest BCUT2D eigenvalue weighted by Gasteiger charge is -2.38. The summed E-state index contributed by atoms with van der Waals surface area (Å²) in [6.45, 7) is 5.71. The van der Waals surface area contributed by atoms with Crippen molar-refractivity contribution in [3.8, 4) is 0 Å². The monoisotopic (exact) mass is 415 g/mol. The molecule has 3 heteroatoms. The summed E-state index contributed by atoms with van der Waals surface area (Å²) in [6.07, 6.45) is 8.07. The van der Waals surface area contributed by atoms with E-state index in [1.165, 1.54) is 53.0 Å². The summed E-state index contributed by atoms with van der Waals surface area (Å²) in [6, 6.07) is 7.20. The van der Waals surface area contributed by atoms with Crippen molar-refractivity contribution in [2.45, 2.75) is 58.4 Å². The molecule has 0 radical (unpaired) electrons. The summed E-state index contributed by atoms with van der Waals surface area (Å²) in [5.41, 5.74) is 1.43. The predicted molar refractivity (Wildman–Crippen MR) is 98.6 cm³/mol. The molecule has 0 aliphatic heterocycles. The standard InChI is InChI=1S/C18H27Br2N/c1-3-9-21-18(14-10-15(19)12-16(20)11-14)17-8-6-5-7-13(17)4-2/h10-13,17-18,21H,3-9H2,1-2H3. The summed E-state index contributed by atoms with van der Waals surface area (Å²) in [7, 11) is 0. The van der Waals surface area contributed by atoms with Crippen molar-refractivity contribution >= 4 is 31.9 Å². The molecule has 1 aliphatic rings. The first-order valence-corrected chi connectivity index (χ1v) is 9.93. The van der Waals surface area contributed by atoms with E-state index >= 15 is 0 Å². The second-order valence-corrected chi connectivity index (χ2v) is 8.08. The number of nitrogens with one attached hydrogen (secondary N) is 1. The van der Waals surface area contributed by atoms with Crippen LogP contribution in [0.25, 0.3) is 0 Å². The van der Waals surface area contributed by atoms with Crippen LogP contribution in [0.15, 0.2) is 27.1 Å². The van der Waals surface area contributed by atoms with Crippen molar-refractivity contribution in [1.82, 2.24) is 5.32 Å². The van der Waals surface area contributed by atoms with Crippen LogP contribution in [-0.4, -0.2) is 6.54 Å². The van der Waals surface area contributed by atoms with Crippen molar-refractivity contribution in [3.63, 3.8) is 0 Å². The fourth-order valence-electron chi connectivity index (χ4n) is 3.75. The molecule has 0 saturated heterocycles. The normalized spacial score (nSPS) is 24.0. The number of rotatable bonds is 6. The minimum absolute atomic E-state index is 0.490. The highest BCUT2D eigenvalue weighted by Crippen LogP contribution is 2.41. The highest BCUT2D eigenvalue weighted by molar-refractivity contribution is 9.11. The molecular formula is C18H27Br2N. The topological polar surface area (TPSA) is 12.0 Å². The Morgan fingerprint density at radius 1 is 1.10 bits per heavy atom. The molecule has 1 aliphatic carbocycles. The van der Waals surface area contributed by atoms with Gasteiger partial charge < -0.3 is 5.32 Å². The fraction of sp³-hybridized carbons (Fsp3) is 0.667. The van der Waals surface area contributed by atoms with Gasteiger partial charge in [-0.1, -0.05) is 71.4 Å². The van der Waals surface area contributed by atoms with Crippen molar-refractivity contribution in [2.24, 2.45) is 11.8 Å². The first-order chi connectivity index (χ1) is 10.2. The average molecular weight is 417 g/mol. The molecule has 0 heterocycles. The third-order valence-electron chi connectivity index (χ3n) is 4.78. The van der Waals surface area contributed by atoms with Gasteiger partial charge in [0.25, 0.3) is 0 Å². The van der Waals surface area contributed by atoms with Crippen LogP contribution in [0.2, 0.25) is 0 Å². The maximum atomic E-state index is 3.83. The average Bonchev–Trinajstić information content (AvgIpc) is 2.47. The molecular weight excluding hydrogens is 390 g/mol. The van der Waals surface area contributed by atoms with Gasteiger partial charge in [0.15, 0.2) is 0 Å².